The molecule has 0 aromatic rings. The SMILES string of the molecule is CC([O])OC(C)C(C)C. The predicted molar refractivity (Wildman–Crippen MR) is 35.5 cm³/mol. The van der Waals surface area contributed by atoms with E-state index in [2.05, 4.69) is 0 Å². The summed E-state index contributed by atoms with van der Waals surface area (Å²) < 4.78 is 4.96. The van der Waals surface area contributed by atoms with E-state index in [1.807, 2.05) is 20.8 Å². The molecular weight excluding hydrogens is 116 g/mol. The predicted octanol–water partition coefficient (Wildman–Crippen LogP) is 1.82. The molecule has 0 saturated carbocycles. The fourth-order valence-corrected chi connectivity index (χ4v) is 0.459. The first-order valence-electron chi connectivity index (χ1n) is 3.35. The second-order valence-corrected chi connectivity index (χ2v) is 2.65. The van der Waals surface area contributed by atoms with Crippen LogP contribution in [0.2, 0.25) is 0 Å². The molecule has 0 spiro atoms. The van der Waals surface area contributed by atoms with Gasteiger partial charge in [-0.2, -0.15) is 0 Å². The minimum atomic E-state index is -0.887. The van der Waals surface area contributed by atoms with Crippen molar-refractivity contribution in [3.8, 4) is 0 Å². The Morgan fingerprint density at radius 3 is 1.67 bits per heavy atom. The van der Waals surface area contributed by atoms with Gasteiger partial charge in [-0.05, 0) is 19.8 Å². The maximum absolute atomic E-state index is 10.4. The van der Waals surface area contributed by atoms with Gasteiger partial charge in [-0.3, -0.25) is 0 Å². The lowest BCUT2D eigenvalue weighted by Crippen LogP contribution is -2.20. The van der Waals surface area contributed by atoms with E-state index in [9.17, 15) is 5.11 Å². The normalized spacial score (nSPS) is 18.0. The van der Waals surface area contributed by atoms with Gasteiger partial charge < -0.3 is 4.74 Å². The molecule has 0 aromatic carbocycles. The van der Waals surface area contributed by atoms with Crippen LogP contribution in [0.1, 0.15) is 27.7 Å². The topological polar surface area (TPSA) is 29.1 Å². The van der Waals surface area contributed by atoms with E-state index in [0.717, 1.165) is 0 Å². The summed E-state index contributed by atoms with van der Waals surface area (Å²) in [4.78, 5) is 0. The van der Waals surface area contributed by atoms with E-state index in [0.29, 0.717) is 5.92 Å². The van der Waals surface area contributed by atoms with Gasteiger partial charge in [0.2, 0.25) is 0 Å². The van der Waals surface area contributed by atoms with Gasteiger partial charge in [0.25, 0.3) is 0 Å². The molecule has 2 heteroatoms. The zero-order chi connectivity index (χ0) is 7.44. The number of rotatable bonds is 3. The summed E-state index contributed by atoms with van der Waals surface area (Å²) in [6, 6.07) is 0. The van der Waals surface area contributed by atoms with Gasteiger partial charge in [-0.1, -0.05) is 13.8 Å². The zero-order valence-corrected chi connectivity index (χ0v) is 6.55. The summed E-state index contributed by atoms with van der Waals surface area (Å²) >= 11 is 0. The summed E-state index contributed by atoms with van der Waals surface area (Å²) in [5.74, 6) is 0.432. The summed E-state index contributed by atoms with van der Waals surface area (Å²) in [5, 5.41) is 10.4. The van der Waals surface area contributed by atoms with Gasteiger partial charge in [0.15, 0.2) is 6.29 Å². The van der Waals surface area contributed by atoms with Crippen molar-refractivity contribution >= 4 is 0 Å². The smallest absolute Gasteiger partial charge is 0.188 e. The molecule has 0 aliphatic carbocycles. The molecule has 0 amide bonds. The van der Waals surface area contributed by atoms with Gasteiger partial charge in [-0.25, -0.2) is 5.11 Å². The van der Waals surface area contributed by atoms with Gasteiger partial charge in [-0.15, -0.1) is 0 Å². The average molecular weight is 131 g/mol. The molecule has 55 valence electrons. The molecule has 2 unspecified atom stereocenters. The Balaban J connectivity index is 3.38. The van der Waals surface area contributed by atoms with Crippen LogP contribution >= 0.6 is 0 Å². The Bertz CT molecular complexity index is 69.3. The van der Waals surface area contributed by atoms with Crippen LogP contribution in [0, 0.1) is 5.92 Å². The first-order valence-corrected chi connectivity index (χ1v) is 3.35. The highest BCUT2D eigenvalue weighted by Crippen LogP contribution is 2.06. The zero-order valence-electron chi connectivity index (χ0n) is 6.55. The Kier molecular flexibility index (Phi) is 3.82. The summed E-state index contributed by atoms with van der Waals surface area (Å²) in [6.07, 6.45) is -0.806. The third-order valence-corrected chi connectivity index (χ3v) is 1.35. The molecule has 2 nitrogen and oxygen atoms in total. The number of ether oxygens (including phenoxy) is 1. The molecule has 0 heterocycles. The second kappa shape index (κ2) is 3.85. The van der Waals surface area contributed by atoms with Crippen molar-refractivity contribution in [3.63, 3.8) is 0 Å². The molecule has 0 saturated heterocycles. The molecule has 0 rings (SSSR count). The maximum Gasteiger partial charge on any atom is 0.188 e. The standard InChI is InChI=1S/C7H15O2/c1-5(2)6(3)9-7(4)8/h5-7H,1-4H3. The van der Waals surface area contributed by atoms with Gasteiger partial charge in [0.1, 0.15) is 0 Å². The molecule has 0 aliphatic heterocycles. The van der Waals surface area contributed by atoms with Gasteiger partial charge in [0.05, 0.1) is 6.10 Å². The molecule has 0 N–H and O–H groups in total. The quantitative estimate of drug-likeness (QED) is 0.537. The van der Waals surface area contributed by atoms with Crippen LogP contribution in [0.3, 0.4) is 0 Å². The van der Waals surface area contributed by atoms with Crippen molar-refractivity contribution in [2.24, 2.45) is 5.92 Å². The first-order chi connectivity index (χ1) is 4.04. The Labute approximate surface area is 56.8 Å². The van der Waals surface area contributed by atoms with E-state index < -0.39 is 6.29 Å². The second-order valence-electron chi connectivity index (χ2n) is 2.65. The molecule has 2 atom stereocenters. The van der Waals surface area contributed by atoms with Crippen molar-refractivity contribution in [2.45, 2.75) is 40.1 Å². The van der Waals surface area contributed by atoms with E-state index >= 15 is 0 Å². The van der Waals surface area contributed by atoms with Crippen LogP contribution in [0.5, 0.6) is 0 Å². The lowest BCUT2D eigenvalue weighted by Gasteiger charge is -2.16. The van der Waals surface area contributed by atoms with Crippen LogP contribution in [0.25, 0.3) is 0 Å². The van der Waals surface area contributed by atoms with E-state index in [-0.39, 0.29) is 6.10 Å². The van der Waals surface area contributed by atoms with Crippen molar-refractivity contribution < 1.29 is 9.84 Å². The highest BCUT2D eigenvalue weighted by Gasteiger charge is 2.09. The summed E-state index contributed by atoms with van der Waals surface area (Å²) in [7, 11) is 0. The van der Waals surface area contributed by atoms with E-state index in [1.54, 1.807) is 0 Å². The number of hydrogen-bond donors (Lipinski definition) is 0. The van der Waals surface area contributed by atoms with Crippen molar-refractivity contribution in [1.82, 2.24) is 0 Å². The highest BCUT2D eigenvalue weighted by atomic mass is 16.6. The van der Waals surface area contributed by atoms with Crippen LogP contribution in [-0.2, 0) is 9.84 Å². The van der Waals surface area contributed by atoms with Crippen molar-refractivity contribution in [2.75, 3.05) is 0 Å². The monoisotopic (exact) mass is 131 g/mol. The third-order valence-electron chi connectivity index (χ3n) is 1.35. The molecular formula is C7H15O2. The van der Waals surface area contributed by atoms with Gasteiger partial charge >= 0.3 is 0 Å². The Hall–Kier alpha value is -0.0800. The van der Waals surface area contributed by atoms with Crippen molar-refractivity contribution in [1.29, 1.82) is 0 Å². The molecule has 0 bridgehead atoms. The largest absolute Gasteiger partial charge is 0.347 e. The fourth-order valence-electron chi connectivity index (χ4n) is 0.459. The lowest BCUT2D eigenvalue weighted by atomic mass is 10.1. The van der Waals surface area contributed by atoms with E-state index in [1.165, 1.54) is 6.92 Å². The van der Waals surface area contributed by atoms with Crippen LogP contribution < -0.4 is 0 Å². The van der Waals surface area contributed by atoms with Crippen LogP contribution in [0.4, 0.5) is 0 Å². The minimum absolute atomic E-state index is 0.0810. The molecule has 0 aromatic heterocycles. The van der Waals surface area contributed by atoms with Crippen molar-refractivity contribution in [3.05, 3.63) is 0 Å². The lowest BCUT2D eigenvalue weighted by molar-refractivity contribution is -0.163. The Morgan fingerprint density at radius 2 is 1.56 bits per heavy atom. The first kappa shape index (κ1) is 8.92. The van der Waals surface area contributed by atoms with E-state index in [4.69, 9.17) is 4.74 Å². The van der Waals surface area contributed by atoms with Crippen LogP contribution in [-0.4, -0.2) is 12.4 Å². The average Bonchev–Trinajstić information content (AvgIpc) is 1.63. The summed E-state index contributed by atoms with van der Waals surface area (Å²) in [6.45, 7) is 7.50. The third kappa shape index (κ3) is 4.43. The molecule has 0 aliphatic rings. The minimum Gasteiger partial charge on any atom is -0.347 e. The number of hydrogen-bond acceptors (Lipinski definition) is 1. The molecule has 1 radical (unpaired) electrons. The highest BCUT2D eigenvalue weighted by molar-refractivity contribution is 4.53. The molecule has 9 heavy (non-hydrogen) atoms. The van der Waals surface area contributed by atoms with Gasteiger partial charge in [0, 0.05) is 0 Å². The summed E-state index contributed by atoms with van der Waals surface area (Å²) in [5.41, 5.74) is 0. The molecule has 0 fully saturated rings. The Morgan fingerprint density at radius 1 is 1.11 bits per heavy atom. The fraction of sp³-hybridized carbons (Fsp3) is 1.00. The van der Waals surface area contributed by atoms with Crippen LogP contribution in [0.15, 0.2) is 0 Å². The maximum atomic E-state index is 10.4.